The summed E-state index contributed by atoms with van der Waals surface area (Å²) >= 11 is 0. The van der Waals surface area contributed by atoms with Crippen LogP contribution >= 0.6 is 0 Å². The van der Waals surface area contributed by atoms with Crippen molar-refractivity contribution in [3.05, 3.63) is 12.2 Å². The number of methoxy groups -OCH3 is 1. The van der Waals surface area contributed by atoms with Crippen molar-refractivity contribution in [3.8, 4) is 0 Å². The summed E-state index contributed by atoms with van der Waals surface area (Å²) < 4.78 is 4.68. The lowest BCUT2D eigenvalue weighted by Gasteiger charge is -2.29. The third kappa shape index (κ3) is 3.36. The molecule has 1 rings (SSSR count). The van der Waals surface area contributed by atoms with Crippen molar-refractivity contribution in [3.63, 3.8) is 0 Å². The van der Waals surface area contributed by atoms with Gasteiger partial charge in [-0.25, -0.2) is 0 Å². The number of carbonyl (C=O) groups is 2. The van der Waals surface area contributed by atoms with Crippen LogP contribution in [0.3, 0.4) is 0 Å². The van der Waals surface area contributed by atoms with E-state index in [1.807, 2.05) is 6.92 Å². The molecule has 0 radical (unpaired) electrons. The van der Waals surface area contributed by atoms with Crippen molar-refractivity contribution in [1.29, 1.82) is 0 Å². The summed E-state index contributed by atoms with van der Waals surface area (Å²) in [5.41, 5.74) is 0. The molecule has 1 atom stereocenters. The van der Waals surface area contributed by atoms with E-state index in [2.05, 4.69) is 4.74 Å². The number of hydrogen-bond acceptors (Lipinski definition) is 3. The standard InChI is InChI=1S/C12H19NO3/c1-3-5-10(12(15)16-2)6-7-11(14)13-8-4-9-13/h6-7,10H,3-5,8-9H2,1-2H3/b7-6-/t10-/m1/s1. The molecule has 0 spiro atoms. The summed E-state index contributed by atoms with van der Waals surface area (Å²) in [4.78, 5) is 24.7. The minimum absolute atomic E-state index is 0.00347. The first-order chi connectivity index (χ1) is 7.69. The van der Waals surface area contributed by atoms with Crippen LogP contribution < -0.4 is 0 Å². The maximum Gasteiger partial charge on any atom is 0.312 e. The molecule has 90 valence electrons. The van der Waals surface area contributed by atoms with E-state index >= 15 is 0 Å². The Morgan fingerprint density at radius 3 is 2.56 bits per heavy atom. The molecule has 0 saturated carbocycles. The largest absolute Gasteiger partial charge is 0.469 e. The molecular weight excluding hydrogens is 206 g/mol. The normalized spacial score (nSPS) is 17.0. The predicted molar refractivity (Wildman–Crippen MR) is 60.8 cm³/mol. The van der Waals surface area contributed by atoms with Crippen LogP contribution in [0.1, 0.15) is 26.2 Å². The fourth-order valence-electron chi connectivity index (χ4n) is 1.60. The number of rotatable bonds is 5. The minimum atomic E-state index is -0.291. The van der Waals surface area contributed by atoms with Gasteiger partial charge in [-0.3, -0.25) is 9.59 Å². The summed E-state index contributed by atoms with van der Waals surface area (Å²) in [6.07, 6.45) is 5.85. The number of nitrogens with zero attached hydrogens (tertiary/aromatic N) is 1. The van der Waals surface area contributed by atoms with Gasteiger partial charge in [-0.1, -0.05) is 19.4 Å². The lowest BCUT2D eigenvalue weighted by Crippen LogP contribution is -2.41. The molecular formula is C12H19NO3. The maximum absolute atomic E-state index is 11.5. The van der Waals surface area contributed by atoms with E-state index < -0.39 is 0 Å². The van der Waals surface area contributed by atoms with Gasteiger partial charge in [0.15, 0.2) is 0 Å². The first kappa shape index (κ1) is 12.7. The van der Waals surface area contributed by atoms with Gasteiger partial charge in [-0.05, 0) is 18.9 Å². The molecule has 4 heteroatoms. The fourth-order valence-corrected chi connectivity index (χ4v) is 1.60. The molecule has 0 unspecified atom stereocenters. The van der Waals surface area contributed by atoms with Crippen molar-refractivity contribution in [2.24, 2.45) is 5.92 Å². The van der Waals surface area contributed by atoms with Crippen LogP contribution in [0.25, 0.3) is 0 Å². The van der Waals surface area contributed by atoms with E-state index in [1.54, 1.807) is 11.0 Å². The van der Waals surface area contributed by atoms with Crippen molar-refractivity contribution in [2.75, 3.05) is 20.2 Å². The quantitative estimate of drug-likeness (QED) is 0.524. The summed E-state index contributed by atoms with van der Waals surface area (Å²) in [5.74, 6) is -0.564. The maximum atomic E-state index is 11.5. The molecule has 1 amide bonds. The van der Waals surface area contributed by atoms with Crippen LogP contribution in [-0.2, 0) is 14.3 Å². The Kier molecular flexibility index (Phi) is 5.02. The molecule has 0 bridgehead atoms. The number of ether oxygens (including phenoxy) is 1. The highest BCUT2D eigenvalue weighted by molar-refractivity contribution is 5.89. The van der Waals surface area contributed by atoms with E-state index in [4.69, 9.17) is 0 Å². The van der Waals surface area contributed by atoms with Gasteiger partial charge in [-0.15, -0.1) is 0 Å². The van der Waals surface area contributed by atoms with Crippen molar-refractivity contribution >= 4 is 11.9 Å². The topological polar surface area (TPSA) is 46.6 Å². The summed E-state index contributed by atoms with van der Waals surface area (Å²) in [5, 5.41) is 0. The summed E-state index contributed by atoms with van der Waals surface area (Å²) in [7, 11) is 1.37. The Hall–Kier alpha value is -1.32. The van der Waals surface area contributed by atoms with Crippen LogP contribution in [0.2, 0.25) is 0 Å². The van der Waals surface area contributed by atoms with Gasteiger partial charge in [0.05, 0.1) is 13.0 Å². The Labute approximate surface area is 96.3 Å². The van der Waals surface area contributed by atoms with Gasteiger partial charge in [0.1, 0.15) is 0 Å². The van der Waals surface area contributed by atoms with Crippen LogP contribution in [0.4, 0.5) is 0 Å². The number of amides is 1. The van der Waals surface area contributed by atoms with Crippen LogP contribution in [0, 0.1) is 5.92 Å². The second-order valence-electron chi connectivity index (χ2n) is 3.96. The fraction of sp³-hybridized carbons (Fsp3) is 0.667. The van der Waals surface area contributed by atoms with Crippen molar-refractivity contribution in [2.45, 2.75) is 26.2 Å². The molecule has 1 aliphatic heterocycles. The first-order valence-corrected chi connectivity index (χ1v) is 5.74. The number of hydrogen-bond donors (Lipinski definition) is 0. The lowest BCUT2D eigenvalue weighted by atomic mass is 10.0. The number of likely N-dealkylation sites (tertiary alicyclic amines) is 1. The molecule has 1 aliphatic rings. The van der Waals surface area contributed by atoms with Crippen LogP contribution in [-0.4, -0.2) is 37.0 Å². The van der Waals surface area contributed by atoms with Gasteiger partial charge in [-0.2, -0.15) is 0 Å². The summed E-state index contributed by atoms with van der Waals surface area (Å²) in [6.45, 7) is 3.67. The van der Waals surface area contributed by atoms with E-state index in [0.717, 1.165) is 32.4 Å². The Morgan fingerprint density at radius 2 is 2.12 bits per heavy atom. The van der Waals surface area contributed by atoms with Gasteiger partial charge < -0.3 is 9.64 Å². The SMILES string of the molecule is CCC[C@H](/C=C\C(=O)N1CCC1)C(=O)OC. The average Bonchev–Trinajstić information content (AvgIpc) is 2.20. The zero-order valence-electron chi connectivity index (χ0n) is 9.94. The molecule has 1 heterocycles. The average molecular weight is 225 g/mol. The predicted octanol–water partition coefficient (Wildman–Crippen LogP) is 1.36. The molecule has 4 nitrogen and oxygen atoms in total. The molecule has 0 aliphatic carbocycles. The molecule has 1 saturated heterocycles. The Morgan fingerprint density at radius 1 is 1.44 bits per heavy atom. The van der Waals surface area contributed by atoms with Gasteiger partial charge in [0.25, 0.3) is 0 Å². The second kappa shape index (κ2) is 6.30. The molecule has 0 aromatic heterocycles. The van der Waals surface area contributed by atoms with Crippen LogP contribution in [0.5, 0.6) is 0 Å². The van der Waals surface area contributed by atoms with E-state index in [1.165, 1.54) is 13.2 Å². The Balaban J connectivity index is 2.48. The van der Waals surface area contributed by atoms with E-state index in [9.17, 15) is 9.59 Å². The second-order valence-corrected chi connectivity index (χ2v) is 3.96. The summed E-state index contributed by atoms with van der Waals surface area (Å²) in [6, 6.07) is 0. The third-order valence-corrected chi connectivity index (χ3v) is 2.74. The smallest absolute Gasteiger partial charge is 0.312 e. The monoisotopic (exact) mass is 225 g/mol. The first-order valence-electron chi connectivity index (χ1n) is 5.74. The Bertz CT molecular complexity index is 282. The molecule has 0 aromatic carbocycles. The molecule has 0 aromatic rings. The van der Waals surface area contributed by atoms with E-state index in [0.29, 0.717) is 0 Å². The lowest BCUT2D eigenvalue weighted by molar-refractivity contribution is -0.143. The minimum Gasteiger partial charge on any atom is -0.469 e. The van der Waals surface area contributed by atoms with Crippen molar-refractivity contribution < 1.29 is 14.3 Å². The van der Waals surface area contributed by atoms with Gasteiger partial charge >= 0.3 is 5.97 Å². The number of esters is 1. The van der Waals surface area contributed by atoms with Gasteiger partial charge in [0, 0.05) is 13.1 Å². The highest BCUT2D eigenvalue weighted by Crippen LogP contribution is 2.12. The van der Waals surface area contributed by atoms with E-state index in [-0.39, 0.29) is 17.8 Å². The number of carbonyl (C=O) groups excluding carboxylic acids is 2. The third-order valence-electron chi connectivity index (χ3n) is 2.74. The zero-order chi connectivity index (χ0) is 12.0. The zero-order valence-corrected chi connectivity index (χ0v) is 9.94. The van der Waals surface area contributed by atoms with Crippen LogP contribution in [0.15, 0.2) is 12.2 Å². The van der Waals surface area contributed by atoms with Crippen molar-refractivity contribution in [1.82, 2.24) is 4.90 Å². The molecule has 0 N–H and O–H groups in total. The molecule has 16 heavy (non-hydrogen) atoms. The highest BCUT2D eigenvalue weighted by Gasteiger charge is 2.19. The molecule has 1 fully saturated rings. The highest BCUT2D eigenvalue weighted by atomic mass is 16.5. The van der Waals surface area contributed by atoms with Gasteiger partial charge in [0.2, 0.25) is 5.91 Å².